The van der Waals surface area contributed by atoms with Gasteiger partial charge < -0.3 is 9.80 Å². The molecule has 8 rings (SSSR count). The van der Waals surface area contributed by atoms with E-state index in [1.165, 1.54) is 33.4 Å². The van der Waals surface area contributed by atoms with Crippen molar-refractivity contribution in [1.29, 1.82) is 0 Å². The van der Waals surface area contributed by atoms with Crippen molar-refractivity contribution in [3.05, 3.63) is 217 Å². The number of benzene rings is 8. The van der Waals surface area contributed by atoms with Gasteiger partial charge in [-0.25, -0.2) is 0 Å². The molecular weight excluding hydrogens is 701 g/mol. The van der Waals surface area contributed by atoms with Crippen LogP contribution in [0.5, 0.6) is 0 Å². The second-order valence-electron chi connectivity index (χ2n) is 17.2. The summed E-state index contributed by atoms with van der Waals surface area (Å²) >= 11 is 0. The molecule has 0 spiro atoms. The maximum atomic E-state index is 2.40. The Morgan fingerprint density at radius 2 is 0.500 bits per heavy atom. The lowest BCUT2D eigenvalue weighted by Gasteiger charge is -2.31. The summed E-state index contributed by atoms with van der Waals surface area (Å²) in [6, 6.07) is 75.1. The minimum atomic E-state index is 0.0419. The summed E-state index contributed by atoms with van der Waals surface area (Å²) in [7, 11) is 0. The van der Waals surface area contributed by atoms with Crippen LogP contribution in [-0.2, 0) is 10.8 Å². The summed E-state index contributed by atoms with van der Waals surface area (Å²) in [5.74, 6) is 0. The molecule has 286 valence electrons. The quantitative estimate of drug-likeness (QED) is 0.145. The Morgan fingerprint density at radius 1 is 0.241 bits per heavy atom. The van der Waals surface area contributed by atoms with E-state index in [4.69, 9.17) is 0 Å². The van der Waals surface area contributed by atoms with Crippen LogP contribution in [0.1, 0.15) is 52.7 Å². The second-order valence-corrected chi connectivity index (χ2v) is 17.2. The molecule has 0 radical (unpaired) electrons. The van der Waals surface area contributed by atoms with Crippen LogP contribution in [0.4, 0.5) is 34.1 Å². The largest absolute Gasteiger partial charge is 0.310 e. The van der Waals surface area contributed by atoms with E-state index in [1.807, 2.05) is 0 Å². The van der Waals surface area contributed by atoms with E-state index in [1.54, 1.807) is 0 Å². The van der Waals surface area contributed by atoms with E-state index < -0.39 is 0 Å². The summed E-state index contributed by atoms with van der Waals surface area (Å²) in [5.41, 5.74) is 16.3. The lowest BCUT2D eigenvalue weighted by atomic mass is 9.87. The Bertz CT molecular complexity index is 2400. The van der Waals surface area contributed by atoms with Gasteiger partial charge >= 0.3 is 0 Å². The van der Waals surface area contributed by atoms with Gasteiger partial charge in [-0.15, -0.1) is 0 Å². The van der Waals surface area contributed by atoms with Crippen molar-refractivity contribution < 1.29 is 0 Å². The smallest absolute Gasteiger partial charge is 0.0488 e. The van der Waals surface area contributed by atoms with E-state index in [0.29, 0.717) is 0 Å². The zero-order valence-electron chi connectivity index (χ0n) is 34.5. The lowest BCUT2D eigenvalue weighted by Crippen LogP contribution is -2.15. The van der Waals surface area contributed by atoms with Crippen molar-refractivity contribution in [2.24, 2.45) is 0 Å². The molecule has 8 aromatic rings. The molecule has 0 aromatic heterocycles. The number of rotatable bonds is 9. The Hall–Kier alpha value is -6.64. The van der Waals surface area contributed by atoms with Crippen LogP contribution in [0.3, 0.4) is 0 Å². The second kappa shape index (κ2) is 16.1. The van der Waals surface area contributed by atoms with Crippen LogP contribution in [0.2, 0.25) is 0 Å². The molecule has 0 aliphatic carbocycles. The van der Waals surface area contributed by atoms with Crippen molar-refractivity contribution in [2.75, 3.05) is 9.80 Å². The molecule has 0 aliphatic heterocycles. The molecule has 8 aromatic carbocycles. The third-order valence-electron chi connectivity index (χ3n) is 11.0. The highest BCUT2D eigenvalue weighted by Crippen LogP contribution is 2.44. The van der Waals surface area contributed by atoms with E-state index in [-0.39, 0.29) is 10.8 Å². The van der Waals surface area contributed by atoms with Gasteiger partial charge in [-0.1, -0.05) is 181 Å². The maximum Gasteiger partial charge on any atom is 0.0488 e. The van der Waals surface area contributed by atoms with Gasteiger partial charge in [-0.05, 0) is 122 Å². The van der Waals surface area contributed by atoms with Crippen LogP contribution >= 0.6 is 0 Å². The van der Waals surface area contributed by atoms with Crippen molar-refractivity contribution in [2.45, 2.75) is 52.4 Å². The first kappa shape index (κ1) is 38.2. The highest BCUT2D eigenvalue weighted by Gasteiger charge is 2.22. The number of nitrogens with zero attached hydrogens (tertiary/aromatic N) is 2. The molecule has 0 aliphatic rings. The molecule has 0 saturated carbocycles. The molecular formula is C56H52N2. The van der Waals surface area contributed by atoms with E-state index in [9.17, 15) is 0 Å². The van der Waals surface area contributed by atoms with Crippen LogP contribution in [0, 0.1) is 0 Å². The molecule has 2 heteroatoms. The minimum absolute atomic E-state index is 0.0419. The Kier molecular flexibility index (Phi) is 10.6. The van der Waals surface area contributed by atoms with E-state index >= 15 is 0 Å². The SMILES string of the molecule is CC(C)(C)c1ccc(N(c2ccc(-c3ccccc3)cc2)c2cc(-c3ccccc3)cc(N(c3ccc(-c4ccccc4)cc3)c3ccc(C(C)(C)C)cc3)c2)cc1. The van der Waals surface area contributed by atoms with Gasteiger partial charge in [0.05, 0.1) is 0 Å². The third kappa shape index (κ3) is 8.38. The van der Waals surface area contributed by atoms with Crippen molar-refractivity contribution in [3.63, 3.8) is 0 Å². The minimum Gasteiger partial charge on any atom is -0.310 e. The fourth-order valence-corrected chi connectivity index (χ4v) is 7.63. The molecule has 2 nitrogen and oxygen atoms in total. The highest BCUT2D eigenvalue weighted by atomic mass is 15.2. The number of hydrogen-bond donors (Lipinski definition) is 0. The van der Waals surface area contributed by atoms with Gasteiger partial charge in [-0.2, -0.15) is 0 Å². The summed E-state index contributed by atoms with van der Waals surface area (Å²) in [4.78, 5) is 4.80. The van der Waals surface area contributed by atoms with Crippen LogP contribution in [-0.4, -0.2) is 0 Å². The van der Waals surface area contributed by atoms with Gasteiger partial charge in [-0.3, -0.25) is 0 Å². The van der Waals surface area contributed by atoms with Gasteiger partial charge in [0.15, 0.2) is 0 Å². The average Bonchev–Trinajstić information content (AvgIpc) is 3.25. The molecule has 0 saturated heterocycles. The molecule has 0 heterocycles. The number of hydrogen-bond acceptors (Lipinski definition) is 2. The molecule has 0 fully saturated rings. The first-order chi connectivity index (χ1) is 28.0. The summed E-state index contributed by atoms with van der Waals surface area (Å²) < 4.78 is 0. The fourth-order valence-electron chi connectivity index (χ4n) is 7.63. The predicted molar refractivity (Wildman–Crippen MR) is 250 cm³/mol. The lowest BCUT2D eigenvalue weighted by molar-refractivity contribution is 0.590. The van der Waals surface area contributed by atoms with Crippen LogP contribution < -0.4 is 9.80 Å². The Morgan fingerprint density at radius 3 is 0.793 bits per heavy atom. The predicted octanol–water partition coefficient (Wildman–Crippen LogP) is 16.2. The van der Waals surface area contributed by atoms with Crippen molar-refractivity contribution in [1.82, 2.24) is 0 Å². The molecule has 58 heavy (non-hydrogen) atoms. The van der Waals surface area contributed by atoms with Gasteiger partial charge in [0.2, 0.25) is 0 Å². The van der Waals surface area contributed by atoms with Crippen LogP contribution in [0.25, 0.3) is 33.4 Å². The van der Waals surface area contributed by atoms with E-state index in [0.717, 1.165) is 45.3 Å². The van der Waals surface area contributed by atoms with Crippen LogP contribution in [0.15, 0.2) is 206 Å². The van der Waals surface area contributed by atoms with E-state index in [2.05, 4.69) is 258 Å². The zero-order valence-corrected chi connectivity index (χ0v) is 34.5. The fraction of sp³-hybridized carbons (Fsp3) is 0.143. The molecule has 0 atom stereocenters. The summed E-state index contributed by atoms with van der Waals surface area (Å²) in [6.07, 6.45) is 0. The number of anilines is 6. The van der Waals surface area contributed by atoms with Crippen molar-refractivity contribution >= 4 is 34.1 Å². The Labute approximate surface area is 345 Å². The topological polar surface area (TPSA) is 6.48 Å². The average molecular weight is 753 g/mol. The Balaban J connectivity index is 1.33. The van der Waals surface area contributed by atoms with Gasteiger partial charge in [0.25, 0.3) is 0 Å². The molecule has 0 amide bonds. The first-order valence-electron chi connectivity index (χ1n) is 20.3. The third-order valence-corrected chi connectivity index (χ3v) is 11.0. The monoisotopic (exact) mass is 752 g/mol. The van der Waals surface area contributed by atoms with Crippen molar-refractivity contribution in [3.8, 4) is 33.4 Å². The summed E-state index contributed by atoms with van der Waals surface area (Å²) in [6.45, 7) is 13.6. The summed E-state index contributed by atoms with van der Waals surface area (Å²) in [5, 5.41) is 0. The maximum absolute atomic E-state index is 2.40. The van der Waals surface area contributed by atoms with Gasteiger partial charge in [0.1, 0.15) is 0 Å². The molecule has 0 N–H and O–H groups in total. The van der Waals surface area contributed by atoms with Gasteiger partial charge in [0, 0.05) is 34.1 Å². The standard InChI is InChI=1S/C56H52N2/c1-55(2,3)47-26-34-51(35-27-47)57(49-30-22-44(23-31-49)41-16-10-7-11-17-41)53-38-46(43-20-14-9-15-21-43)39-54(40-53)58(52-36-28-48(29-37-52)56(4,5)6)50-32-24-45(25-33-50)42-18-12-8-13-19-42/h7-40H,1-6H3. The molecule has 0 bridgehead atoms. The molecule has 0 unspecified atom stereocenters. The normalized spacial score (nSPS) is 11.6. The first-order valence-corrected chi connectivity index (χ1v) is 20.3. The highest BCUT2D eigenvalue weighted by molar-refractivity contribution is 5.88. The zero-order chi connectivity index (χ0) is 40.3.